The first-order chi connectivity index (χ1) is 8.88. The number of nitrogens with zero attached hydrogens (tertiary/aromatic N) is 1. The van der Waals surface area contributed by atoms with E-state index in [-0.39, 0.29) is 11.9 Å². The van der Waals surface area contributed by atoms with Crippen molar-refractivity contribution in [3.8, 4) is 0 Å². The van der Waals surface area contributed by atoms with Crippen molar-refractivity contribution in [2.45, 2.75) is 45.3 Å². The van der Waals surface area contributed by atoms with Gasteiger partial charge in [-0.1, -0.05) is 0 Å². The lowest BCUT2D eigenvalue weighted by Crippen LogP contribution is -2.39. The van der Waals surface area contributed by atoms with Crippen LogP contribution in [0.1, 0.15) is 33.6 Å². The Morgan fingerprint density at radius 2 is 1.95 bits per heavy atom. The molecule has 1 saturated heterocycles. The summed E-state index contributed by atoms with van der Waals surface area (Å²) in [7, 11) is 0. The van der Waals surface area contributed by atoms with Gasteiger partial charge in [-0.2, -0.15) is 0 Å². The topological polar surface area (TPSA) is 35.5 Å². The summed E-state index contributed by atoms with van der Waals surface area (Å²) in [4.78, 5) is 2.08. The number of hydrogen-bond acceptors (Lipinski definition) is 3. The molecule has 4 heteroatoms. The monoisotopic (exact) mass is 266 g/mol. The Labute approximate surface area is 114 Å². The van der Waals surface area contributed by atoms with Gasteiger partial charge < -0.3 is 15.3 Å². The predicted octanol–water partition coefficient (Wildman–Crippen LogP) is 3.00. The second kappa shape index (κ2) is 5.37. The molecule has 1 aliphatic heterocycles. The molecule has 0 radical (unpaired) electrons. The average Bonchev–Trinajstić information content (AvgIpc) is 2.81. The number of halogens is 1. The molecule has 106 valence electrons. The summed E-state index contributed by atoms with van der Waals surface area (Å²) in [6, 6.07) is 5.05. The van der Waals surface area contributed by atoms with E-state index < -0.39 is 5.60 Å². The number of rotatable bonds is 4. The Bertz CT molecular complexity index is 436. The zero-order chi connectivity index (χ0) is 14.0. The largest absolute Gasteiger partial charge is 0.388 e. The molecule has 1 aromatic carbocycles. The molecule has 0 bridgehead atoms. The highest BCUT2D eigenvalue weighted by Crippen LogP contribution is 2.27. The number of aliphatic hydroxyl groups is 1. The molecular formula is C15H23FN2O. The average molecular weight is 266 g/mol. The normalized spacial score (nSPS) is 17.6. The van der Waals surface area contributed by atoms with Gasteiger partial charge in [0.2, 0.25) is 0 Å². The maximum absolute atomic E-state index is 14.1. The molecule has 1 aromatic rings. The Kier molecular flexibility index (Phi) is 3.99. The van der Waals surface area contributed by atoms with Crippen molar-refractivity contribution in [3.05, 3.63) is 24.0 Å². The van der Waals surface area contributed by atoms with E-state index in [9.17, 15) is 9.50 Å². The highest BCUT2D eigenvalue weighted by atomic mass is 19.1. The lowest BCUT2D eigenvalue weighted by atomic mass is 10.0. The van der Waals surface area contributed by atoms with Gasteiger partial charge in [-0.15, -0.1) is 0 Å². The first-order valence-electron chi connectivity index (χ1n) is 6.91. The van der Waals surface area contributed by atoms with E-state index in [1.54, 1.807) is 13.8 Å². The van der Waals surface area contributed by atoms with Gasteiger partial charge in [0.25, 0.3) is 0 Å². The van der Waals surface area contributed by atoms with Crippen LogP contribution in [0.25, 0.3) is 0 Å². The highest BCUT2D eigenvalue weighted by molar-refractivity contribution is 5.57. The van der Waals surface area contributed by atoms with E-state index in [1.807, 2.05) is 19.1 Å². The van der Waals surface area contributed by atoms with Gasteiger partial charge in [-0.3, -0.25) is 0 Å². The third-order valence-electron chi connectivity index (χ3n) is 3.84. The van der Waals surface area contributed by atoms with Gasteiger partial charge in [0.1, 0.15) is 5.82 Å². The van der Waals surface area contributed by atoms with Crippen LogP contribution < -0.4 is 10.2 Å². The van der Waals surface area contributed by atoms with Crippen LogP contribution in [0.15, 0.2) is 18.2 Å². The number of hydrogen-bond donors (Lipinski definition) is 2. The molecule has 2 N–H and O–H groups in total. The first-order valence-corrected chi connectivity index (χ1v) is 6.91. The molecule has 0 amide bonds. The zero-order valence-corrected chi connectivity index (χ0v) is 11.9. The van der Waals surface area contributed by atoms with Gasteiger partial charge in [0.15, 0.2) is 0 Å². The van der Waals surface area contributed by atoms with Crippen molar-refractivity contribution in [1.82, 2.24) is 0 Å². The molecule has 1 atom stereocenters. The zero-order valence-electron chi connectivity index (χ0n) is 11.9. The summed E-state index contributed by atoms with van der Waals surface area (Å²) < 4.78 is 14.1. The maximum atomic E-state index is 14.1. The Morgan fingerprint density at radius 3 is 2.47 bits per heavy atom. The minimum atomic E-state index is -0.843. The summed E-state index contributed by atoms with van der Waals surface area (Å²) >= 11 is 0. The molecule has 3 nitrogen and oxygen atoms in total. The van der Waals surface area contributed by atoms with Crippen LogP contribution >= 0.6 is 0 Å². The van der Waals surface area contributed by atoms with Crippen LogP contribution in [0.3, 0.4) is 0 Å². The van der Waals surface area contributed by atoms with E-state index in [0.29, 0.717) is 11.4 Å². The molecule has 0 saturated carbocycles. The van der Waals surface area contributed by atoms with Gasteiger partial charge in [-0.05, 0) is 51.8 Å². The standard InChI is InChI=1S/C15H23FN2O/c1-11(15(2,3)19)17-12-6-7-14(13(16)10-12)18-8-4-5-9-18/h6-7,10-11,17,19H,4-5,8-9H2,1-3H3. The van der Waals surface area contributed by atoms with Gasteiger partial charge in [-0.25, -0.2) is 4.39 Å². The van der Waals surface area contributed by atoms with Gasteiger partial charge in [0.05, 0.1) is 17.3 Å². The summed E-state index contributed by atoms with van der Waals surface area (Å²) in [5.74, 6) is -0.199. The SMILES string of the molecule is CC(Nc1ccc(N2CCCC2)c(F)c1)C(C)(C)O. The van der Waals surface area contributed by atoms with E-state index in [4.69, 9.17) is 0 Å². The quantitative estimate of drug-likeness (QED) is 0.879. The summed E-state index contributed by atoms with van der Waals surface area (Å²) in [5, 5.41) is 13.0. The van der Waals surface area contributed by atoms with Crippen LogP contribution in [0.5, 0.6) is 0 Å². The Morgan fingerprint density at radius 1 is 1.32 bits per heavy atom. The van der Waals surface area contributed by atoms with Gasteiger partial charge >= 0.3 is 0 Å². The van der Waals surface area contributed by atoms with Crippen molar-refractivity contribution >= 4 is 11.4 Å². The molecule has 0 spiro atoms. The van der Waals surface area contributed by atoms with E-state index >= 15 is 0 Å². The van der Waals surface area contributed by atoms with E-state index in [2.05, 4.69) is 10.2 Å². The third kappa shape index (κ3) is 3.38. The molecular weight excluding hydrogens is 243 g/mol. The lowest BCUT2D eigenvalue weighted by Gasteiger charge is -2.28. The van der Waals surface area contributed by atoms with Crippen LogP contribution in [0.2, 0.25) is 0 Å². The molecule has 0 aliphatic carbocycles. The van der Waals surface area contributed by atoms with E-state index in [1.165, 1.54) is 6.07 Å². The maximum Gasteiger partial charge on any atom is 0.148 e. The van der Waals surface area contributed by atoms with Crippen molar-refractivity contribution in [2.75, 3.05) is 23.3 Å². The minimum absolute atomic E-state index is 0.149. The number of benzene rings is 1. The van der Waals surface area contributed by atoms with Crippen LogP contribution in [-0.4, -0.2) is 29.8 Å². The molecule has 1 heterocycles. The van der Waals surface area contributed by atoms with E-state index in [0.717, 1.165) is 25.9 Å². The van der Waals surface area contributed by atoms with Crippen molar-refractivity contribution in [1.29, 1.82) is 0 Å². The minimum Gasteiger partial charge on any atom is -0.388 e. The second-order valence-electron chi connectivity index (χ2n) is 5.88. The number of anilines is 2. The van der Waals surface area contributed by atoms with Crippen LogP contribution in [0.4, 0.5) is 15.8 Å². The second-order valence-corrected chi connectivity index (χ2v) is 5.88. The lowest BCUT2D eigenvalue weighted by molar-refractivity contribution is 0.0649. The third-order valence-corrected chi connectivity index (χ3v) is 3.84. The fraction of sp³-hybridized carbons (Fsp3) is 0.600. The molecule has 1 aliphatic rings. The van der Waals surface area contributed by atoms with Crippen molar-refractivity contribution in [2.24, 2.45) is 0 Å². The Balaban J connectivity index is 2.10. The molecule has 0 aromatic heterocycles. The molecule has 19 heavy (non-hydrogen) atoms. The van der Waals surface area contributed by atoms with Crippen LogP contribution in [0, 0.1) is 5.82 Å². The summed E-state index contributed by atoms with van der Waals surface area (Å²) in [5.41, 5.74) is 0.540. The molecule has 1 fully saturated rings. The fourth-order valence-corrected chi connectivity index (χ4v) is 2.24. The van der Waals surface area contributed by atoms with Crippen molar-refractivity contribution < 1.29 is 9.50 Å². The Hall–Kier alpha value is -1.29. The smallest absolute Gasteiger partial charge is 0.148 e. The van der Waals surface area contributed by atoms with Crippen molar-refractivity contribution in [3.63, 3.8) is 0 Å². The molecule has 2 rings (SSSR count). The van der Waals surface area contributed by atoms with Crippen LogP contribution in [-0.2, 0) is 0 Å². The van der Waals surface area contributed by atoms with Gasteiger partial charge in [0, 0.05) is 18.8 Å². The first kappa shape index (κ1) is 14.1. The highest BCUT2D eigenvalue weighted by Gasteiger charge is 2.22. The molecule has 1 unspecified atom stereocenters. The summed E-state index contributed by atoms with van der Waals surface area (Å²) in [6.07, 6.45) is 2.27. The predicted molar refractivity (Wildman–Crippen MR) is 77.2 cm³/mol. The number of nitrogens with one attached hydrogen (secondary N) is 1. The fourth-order valence-electron chi connectivity index (χ4n) is 2.24. The summed E-state index contributed by atoms with van der Waals surface area (Å²) in [6.45, 7) is 7.22.